The summed E-state index contributed by atoms with van der Waals surface area (Å²) in [6.45, 7) is 4.22. The maximum absolute atomic E-state index is 14.5. The molecule has 0 bridgehead atoms. The molecule has 1 aliphatic rings. The average Bonchev–Trinajstić information content (AvgIpc) is 3.43. The van der Waals surface area contributed by atoms with E-state index in [1.165, 1.54) is 20.8 Å². The normalized spacial score (nSPS) is 23.2. The summed E-state index contributed by atoms with van der Waals surface area (Å²) < 4.78 is 0. The van der Waals surface area contributed by atoms with Crippen molar-refractivity contribution in [2.75, 3.05) is 39.3 Å². The van der Waals surface area contributed by atoms with Gasteiger partial charge < -0.3 is 102 Å². The van der Waals surface area contributed by atoms with Crippen LogP contribution in [-0.4, -0.2) is 198 Å². The first-order valence-electron chi connectivity index (χ1n) is 27.9. The third-order valence-corrected chi connectivity index (χ3v) is 13.2. The summed E-state index contributed by atoms with van der Waals surface area (Å²) in [6, 6.07) is -7.34. The van der Waals surface area contributed by atoms with Crippen LogP contribution in [0.4, 0.5) is 0 Å². The second-order valence-electron chi connectivity index (χ2n) is 20.1. The molecule has 1 fully saturated rings. The van der Waals surface area contributed by atoms with E-state index in [0.29, 0.717) is 12.0 Å². The molecule has 30 heteroatoms. The minimum Gasteiger partial charge on any atom is -0.391 e. The summed E-state index contributed by atoms with van der Waals surface area (Å²) in [5, 5.41) is 59.5. The Morgan fingerprint density at radius 2 is 1.02 bits per heavy atom. The highest BCUT2D eigenvalue weighted by Gasteiger charge is 2.38. The molecule has 1 aliphatic heterocycles. The number of unbranched alkanes of at least 4 members (excludes halogenated alkanes) is 3. The third kappa shape index (κ3) is 24.7. The Labute approximate surface area is 477 Å². The van der Waals surface area contributed by atoms with Gasteiger partial charge in [0.05, 0.1) is 18.3 Å². The van der Waals surface area contributed by atoms with Crippen molar-refractivity contribution < 1.29 is 68.1 Å². The molecular formula is C52H90N16O14. The summed E-state index contributed by atoms with van der Waals surface area (Å²) in [7, 11) is 0. The monoisotopic (exact) mass is 1160 g/mol. The summed E-state index contributed by atoms with van der Waals surface area (Å²) in [5.41, 5.74) is 29.6. The maximum atomic E-state index is 14.5. The number of hydrogen-bond acceptors (Lipinski definition) is 19. The molecule has 0 unspecified atom stereocenters. The van der Waals surface area contributed by atoms with Crippen molar-refractivity contribution in [2.24, 2.45) is 28.7 Å². The van der Waals surface area contributed by atoms with E-state index in [4.69, 9.17) is 28.7 Å². The van der Waals surface area contributed by atoms with Gasteiger partial charge in [-0.15, -0.1) is 0 Å². The Balaban J connectivity index is 2.68. The molecule has 0 spiro atoms. The fourth-order valence-electron chi connectivity index (χ4n) is 8.52. The Hall–Kier alpha value is -6.93. The van der Waals surface area contributed by atoms with E-state index >= 15 is 0 Å². The van der Waals surface area contributed by atoms with Gasteiger partial charge >= 0.3 is 0 Å². The van der Waals surface area contributed by atoms with Crippen LogP contribution in [0.3, 0.4) is 0 Å². The van der Waals surface area contributed by atoms with Gasteiger partial charge in [-0.2, -0.15) is 0 Å². The quantitative estimate of drug-likeness (QED) is 0.0364. The molecule has 30 nitrogen and oxygen atoms in total. The topological polar surface area (TPSA) is 511 Å². The van der Waals surface area contributed by atoms with Crippen molar-refractivity contribution in [3.63, 3.8) is 0 Å². The second kappa shape index (κ2) is 38.0. The Morgan fingerprint density at radius 1 is 0.549 bits per heavy atom. The predicted molar refractivity (Wildman–Crippen MR) is 299 cm³/mol. The molecular weight excluding hydrogens is 1070 g/mol. The van der Waals surface area contributed by atoms with E-state index < -0.39 is 157 Å². The fraction of sp³-hybridized carbons (Fsp3) is 0.673. The first kappa shape index (κ1) is 71.2. The summed E-state index contributed by atoms with van der Waals surface area (Å²) >= 11 is 0. The second-order valence-corrected chi connectivity index (χ2v) is 20.1. The van der Waals surface area contributed by atoms with Gasteiger partial charge in [0.25, 0.3) is 0 Å². The van der Waals surface area contributed by atoms with Gasteiger partial charge in [-0.05, 0) is 104 Å². The minimum absolute atomic E-state index is 0.0236. The average molecular weight is 1160 g/mol. The van der Waals surface area contributed by atoms with Crippen LogP contribution in [0.2, 0.25) is 0 Å². The van der Waals surface area contributed by atoms with Crippen LogP contribution < -0.4 is 87.2 Å². The number of carbonyl (C=O) groups excluding carboxylic acids is 11. The number of nitrogens with one attached hydrogen (secondary N) is 11. The molecule has 2 rings (SSSR count). The zero-order chi connectivity index (χ0) is 61.5. The van der Waals surface area contributed by atoms with Gasteiger partial charge in [0, 0.05) is 19.4 Å². The van der Waals surface area contributed by atoms with E-state index in [9.17, 15) is 68.1 Å². The fourth-order valence-corrected chi connectivity index (χ4v) is 8.52. The first-order valence-corrected chi connectivity index (χ1v) is 27.9. The van der Waals surface area contributed by atoms with E-state index in [2.05, 4.69) is 58.5 Å². The number of aliphatic hydroxyl groups is 3. The summed E-state index contributed by atoms with van der Waals surface area (Å²) in [6.07, 6.45) is -3.13. The molecule has 1 aromatic carbocycles. The molecule has 13 atom stereocenters. The van der Waals surface area contributed by atoms with Crippen molar-refractivity contribution in [3.05, 3.63) is 35.9 Å². The Kier molecular flexibility index (Phi) is 32.9. The van der Waals surface area contributed by atoms with Crippen LogP contribution in [0.25, 0.3) is 0 Å². The van der Waals surface area contributed by atoms with Crippen LogP contribution in [0.1, 0.15) is 104 Å². The van der Waals surface area contributed by atoms with Crippen molar-refractivity contribution in [1.29, 1.82) is 0 Å². The zero-order valence-electron chi connectivity index (χ0n) is 47.3. The van der Waals surface area contributed by atoms with Crippen molar-refractivity contribution >= 4 is 65.0 Å². The molecule has 462 valence electrons. The molecule has 1 aromatic rings. The lowest BCUT2D eigenvalue weighted by molar-refractivity contribution is -0.137. The van der Waals surface area contributed by atoms with Gasteiger partial charge in [0.1, 0.15) is 60.4 Å². The first-order chi connectivity index (χ1) is 39.0. The number of amides is 11. The van der Waals surface area contributed by atoms with Gasteiger partial charge in [-0.25, -0.2) is 0 Å². The number of nitrogens with two attached hydrogens (primary N) is 5. The SMILES string of the molecule is CCCCCCC(=O)N[C@@H](CCN)C(=O)N[C@H](C(=O)N[C@H](CCN)C(=O)N[C@H]1CCNC(=O)[C@H]([C@@H](C)O)NC(=O)[C@H](CCN)NC(=O)[C@H](CCN)NC(=O)[C@H]([C@@H](C)O)NC(=O)[C@@H](Cc2ccccc2)NC(=O)[C@H](CCN)NC1=O)[C@@H](C)O. The van der Waals surface area contributed by atoms with Crippen LogP contribution in [0.15, 0.2) is 30.3 Å². The standard InChI is InChI=1S/C52H90N16O14/c1-5-6-7-11-14-39(72)59-32(15-21-53)47(77)67-41(29(3)70)51(81)64-35(18-24-56)44(74)62-37-20-26-58-50(80)40(28(2)69)66-48(78)36(19-25-57)61-43(73)34(17-23-55)63-52(82)42(30(4)71)68-49(79)38(27-31-12-9-8-10-13-31)65-45(75)33(16-22-54)60-46(37)76/h8-10,12-13,28-30,32-38,40-42,69-71H,5-7,11,14-27,53-57H2,1-4H3,(H,58,80)(H,59,72)(H,60,76)(H,61,73)(H,62,74)(H,63,82)(H,64,81)(H,65,75)(H,66,78)(H,67,77)(H,68,79)/t28-,29-,30-,32+,33+,34+,35-,36+,37+,38-,40+,41+,42+/m1/s1. The van der Waals surface area contributed by atoms with Crippen LogP contribution in [0.5, 0.6) is 0 Å². The number of aliphatic hydroxyl groups excluding tert-OH is 3. The molecule has 1 heterocycles. The van der Waals surface area contributed by atoms with Gasteiger partial charge in [0.2, 0.25) is 65.0 Å². The molecule has 82 heavy (non-hydrogen) atoms. The summed E-state index contributed by atoms with van der Waals surface area (Å²) in [4.78, 5) is 152. The molecule has 0 saturated carbocycles. The van der Waals surface area contributed by atoms with Crippen LogP contribution >= 0.6 is 0 Å². The molecule has 0 aliphatic carbocycles. The highest BCUT2D eigenvalue weighted by Crippen LogP contribution is 2.10. The lowest BCUT2D eigenvalue weighted by atomic mass is 10.0. The highest BCUT2D eigenvalue weighted by atomic mass is 16.3. The number of benzene rings is 1. The number of rotatable bonds is 27. The van der Waals surface area contributed by atoms with Gasteiger partial charge in [-0.3, -0.25) is 52.7 Å². The molecule has 24 N–H and O–H groups in total. The Morgan fingerprint density at radius 3 is 1.52 bits per heavy atom. The molecule has 0 aromatic heterocycles. The van der Waals surface area contributed by atoms with E-state index in [1.807, 2.05) is 6.92 Å². The molecule has 1 saturated heterocycles. The molecule has 11 amide bonds. The minimum atomic E-state index is -1.77. The molecule has 0 radical (unpaired) electrons. The van der Waals surface area contributed by atoms with Crippen molar-refractivity contribution in [2.45, 2.75) is 183 Å². The van der Waals surface area contributed by atoms with E-state index in [0.717, 1.165) is 19.3 Å². The highest BCUT2D eigenvalue weighted by molar-refractivity contribution is 5.99. The maximum Gasteiger partial charge on any atom is 0.245 e. The zero-order valence-corrected chi connectivity index (χ0v) is 47.3. The van der Waals surface area contributed by atoms with Crippen molar-refractivity contribution in [1.82, 2.24) is 58.5 Å². The smallest absolute Gasteiger partial charge is 0.245 e. The number of carbonyl (C=O) groups is 11. The van der Waals surface area contributed by atoms with Crippen LogP contribution in [0, 0.1) is 0 Å². The van der Waals surface area contributed by atoms with Crippen molar-refractivity contribution in [3.8, 4) is 0 Å². The number of hydrogen-bond donors (Lipinski definition) is 19. The van der Waals surface area contributed by atoms with E-state index in [-0.39, 0.29) is 77.7 Å². The van der Waals surface area contributed by atoms with Gasteiger partial charge in [-0.1, -0.05) is 56.5 Å². The van der Waals surface area contributed by atoms with E-state index in [1.54, 1.807) is 30.3 Å². The Bertz CT molecular complexity index is 2250. The lowest BCUT2D eigenvalue weighted by Gasteiger charge is -2.29. The largest absolute Gasteiger partial charge is 0.391 e. The summed E-state index contributed by atoms with van der Waals surface area (Å²) in [5.74, 6) is -10.5. The predicted octanol–water partition coefficient (Wildman–Crippen LogP) is -7.55. The van der Waals surface area contributed by atoms with Crippen LogP contribution in [-0.2, 0) is 59.2 Å². The third-order valence-electron chi connectivity index (χ3n) is 13.2. The van der Waals surface area contributed by atoms with Gasteiger partial charge in [0.15, 0.2) is 0 Å². The lowest BCUT2D eigenvalue weighted by Crippen LogP contribution is -2.62.